The van der Waals surface area contributed by atoms with Crippen molar-refractivity contribution in [1.82, 2.24) is 4.90 Å². The van der Waals surface area contributed by atoms with Gasteiger partial charge in [-0.3, -0.25) is 0 Å². The van der Waals surface area contributed by atoms with Crippen molar-refractivity contribution in [2.45, 2.75) is 47.5 Å². The van der Waals surface area contributed by atoms with Crippen molar-refractivity contribution in [2.75, 3.05) is 26.7 Å². The molecule has 0 fully saturated rings. The van der Waals surface area contributed by atoms with Gasteiger partial charge in [0.05, 0.1) is 0 Å². The van der Waals surface area contributed by atoms with Gasteiger partial charge < -0.3 is 10.6 Å². The maximum Gasteiger partial charge on any atom is 0.00446 e. The third kappa shape index (κ3) is 6.91. The summed E-state index contributed by atoms with van der Waals surface area (Å²) >= 11 is 0. The lowest BCUT2D eigenvalue weighted by atomic mass is 9.84. The standard InChI is InChI=1S/C13H30N2/c1-7-8-13(5,9-14)11-15(6)10-12(2,3)4/h7-11,14H2,1-6H3. The summed E-state index contributed by atoms with van der Waals surface area (Å²) < 4.78 is 0. The monoisotopic (exact) mass is 214 g/mol. The van der Waals surface area contributed by atoms with Crippen LogP contribution in [0.15, 0.2) is 0 Å². The lowest BCUT2D eigenvalue weighted by Gasteiger charge is -2.35. The molecule has 0 aliphatic heterocycles. The maximum absolute atomic E-state index is 5.88. The van der Waals surface area contributed by atoms with E-state index in [9.17, 15) is 0 Å². The Morgan fingerprint density at radius 2 is 1.60 bits per heavy atom. The quantitative estimate of drug-likeness (QED) is 0.736. The third-order valence-electron chi connectivity index (χ3n) is 2.74. The molecule has 2 heteroatoms. The van der Waals surface area contributed by atoms with Crippen LogP contribution in [0.3, 0.4) is 0 Å². The van der Waals surface area contributed by atoms with Crippen LogP contribution in [-0.2, 0) is 0 Å². The van der Waals surface area contributed by atoms with Gasteiger partial charge in [-0.05, 0) is 30.8 Å². The first-order chi connectivity index (χ1) is 6.72. The van der Waals surface area contributed by atoms with Crippen molar-refractivity contribution in [2.24, 2.45) is 16.6 Å². The number of hydrogen-bond acceptors (Lipinski definition) is 2. The van der Waals surface area contributed by atoms with Crippen molar-refractivity contribution >= 4 is 0 Å². The van der Waals surface area contributed by atoms with E-state index in [0.717, 1.165) is 19.6 Å². The molecule has 0 amide bonds. The largest absolute Gasteiger partial charge is 0.330 e. The fourth-order valence-electron chi connectivity index (χ4n) is 2.37. The van der Waals surface area contributed by atoms with Crippen molar-refractivity contribution in [3.05, 3.63) is 0 Å². The zero-order chi connectivity index (χ0) is 12.1. The van der Waals surface area contributed by atoms with Crippen LogP contribution in [0, 0.1) is 10.8 Å². The summed E-state index contributed by atoms with van der Waals surface area (Å²) in [6.07, 6.45) is 2.44. The summed E-state index contributed by atoms with van der Waals surface area (Å²) in [5.41, 5.74) is 6.54. The highest BCUT2D eigenvalue weighted by molar-refractivity contribution is 4.79. The molecule has 2 N–H and O–H groups in total. The SMILES string of the molecule is CCCC(C)(CN)CN(C)CC(C)(C)C. The van der Waals surface area contributed by atoms with Gasteiger partial charge >= 0.3 is 0 Å². The lowest BCUT2D eigenvalue weighted by molar-refractivity contribution is 0.146. The number of hydrogen-bond donors (Lipinski definition) is 1. The summed E-state index contributed by atoms with van der Waals surface area (Å²) in [7, 11) is 2.20. The second kappa shape index (κ2) is 5.86. The van der Waals surface area contributed by atoms with E-state index in [1.165, 1.54) is 12.8 Å². The maximum atomic E-state index is 5.88. The topological polar surface area (TPSA) is 29.3 Å². The van der Waals surface area contributed by atoms with E-state index in [0.29, 0.717) is 5.41 Å². The molecule has 0 saturated heterocycles. The van der Waals surface area contributed by atoms with Crippen molar-refractivity contribution < 1.29 is 0 Å². The minimum atomic E-state index is 0.286. The Labute approximate surface area is 96.2 Å². The highest BCUT2D eigenvalue weighted by Gasteiger charge is 2.25. The molecule has 0 heterocycles. The van der Waals surface area contributed by atoms with E-state index in [4.69, 9.17) is 5.73 Å². The number of rotatable bonds is 6. The smallest absolute Gasteiger partial charge is 0.00446 e. The molecule has 0 spiro atoms. The molecular weight excluding hydrogens is 184 g/mol. The van der Waals surface area contributed by atoms with Crippen LogP contribution in [-0.4, -0.2) is 31.6 Å². The third-order valence-corrected chi connectivity index (χ3v) is 2.74. The summed E-state index contributed by atoms with van der Waals surface area (Å²) in [6, 6.07) is 0. The average molecular weight is 214 g/mol. The molecule has 1 atom stereocenters. The van der Waals surface area contributed by atoms with Gasteiger partial charge in [0.15, 0.2) is 0 Å². The Morgan fingerprint density at radius 1 is 1.07 bits per heavy atom. The molecule has 92 valence electrons. The summed E-state index contributed by atoms with van der Waals surface area (Å²) in [6.45, 7) is 14.4. The Kier molecular flexibility index (Phi) is 5.82. The van der Waals surface area contributed by atoms with E-state index < -0.39 is 0 Å². The molecule has 0 aromatic rings. The molecule has 0 saturated carbocycles. The molecule has 15 heavy (non-hydrogen) atoms. The zero-order valence-corrected chi connectivity index (χ0v) is 11.6. The van der Waals surface area contributed by atoms with E-state index >= 15 is 0 Å². The predicted octanol–water partition coefficient (Wildman–Crippen LogP) is 2.73. The first kappa shape index (κ1) is 14.9. The Balaban J connectivity index is 4.18. The highest BCUT2D eigenvalue weighted by Crippen LogP contribution is 2.24. The minimum Gasteiger partial charge on any atom is -0.330 e. The molecule has 0 bridgehead atoms. The summed E-state index contributed by atoms with van der Waals surface area (Å²) in [5, 5.41) is 0. The Hall–Kier alpha value is -0.0800. The molecule has 0 radical (unpaired) electrons. The second-order valence-corrected chi connectivity index (χ2v) is 6.50. The number of nitrogens with zero attached hydrogens (tertiary/aromatic N) is 1. The average Bonchev–Trinajstić information content (AvgIpc) is 2.00. The zero-order valence-electron chi connectivity index (χ0n) is 11.6. The van der Waals surface area contributed by atoms with E-state index in [-0.39, 0.29) is 5.41 Å². The Morgan fingerprint density at radius 3 is 1.93 bits per heavy atom. The summed E-state index contributed by atoms with van der Waals surface area (Å²) in [4.78, 5) is 2.42. The van der Waals surface area contributed by atoms with Crippen LogP contribution in [0.25, 0.3) is 0 Å². The van der Waals surface area contributed by atoms with Gasteiger partial charge in [-0.15, -0.1) is 0 Å². The first-order valence-electron chi connectivity index (χ1n) is 6.11. The molecule has 0 rings (SSSR count). The van der Waals surface area contributed by atoms with Gasteiger partial charge in [0, 0.05) is 13.1 Å². The van der Waals surface area contributed by atoms with Gasteiger partial charge in [0.1, 0.15) is 0 Å². The van der Waals surface area contributed by atoms with E-state index in [2.05, 4.69) is 46.6 Å². The van der Waals surface area contributed by atoms with Crippen molar-refractivity contribution in [3.8, 4) is 0 Å². The van der Waals surface area contributed by atoms with Crippen LogP contribution >= 0.6 is 0 Å². The normalized spacial score (nSPS) is 16.8. The van der Waals surface area contributed by atoms with Crippen LogP contribution in [0.1, 0.15) is 47.5 Å². The predicted molar refractivity (Wildman–Crippen MR) is 69.0 cm³/mol. The van der Waals surface area contributed by atoms with Gasteiger partial charge in [0.25, 0.3) is 0 Å². The molecular formula is C13H30N2. The van der Waals surface area contributed by atoms with Crippen LogP contribution in [0.5, 0.6) is 0 Å². The molecule has 0 aliphatic rings. The minimum absolute atomic E-state index is 0.286. The molecule has 1 unspecified atom stereocenters. The Bertz CT molecular complexity index is 172. The summed E-state index contributed by atoms with van der Waals surface area (Å²) in [5.74, 6) is 0. The van der Waals surface area contributed by atoms with Crippen LogP contribution in [0.2, 0.25) is 0 Å². The lowest BCUT2D eigenvalue weighted by Crippen LogP contribution is -2.41. The first-order valence-corrected chi connectivity index (χ1v) is 6.11. The van der Waals surface area contributed by atoms with Crippen molar-refractivity contribution in [1.29, 1.82) is 0 Å². The fourth-order valence-corrected chi connectivity index (χ4v) is 2.37. The molecule has 0 aromatic heterocycles. The van der Waals surface area contributed by atoms with Crippen LogP contribution in [0.4, 0.5) is 0 Å². The van der Waals surface area contributed by atoms with Crippen LogP contribution < -0.4 is 5.73 Å². The van der Waals surface area contributed by atoms with Gasteiger partial charge in [0.2, 0.25) is 0 Å². The van der Waals surface area contributed by atoms with Crippen molar-refractivity contribution in [3.63, 3.8) is 0 Å². The number of nitrogens with two attached hydrogens (primary N) is 1. The molecule has 2 nitrogen and oxygen atoms in total. The van der Waals surface area contributed by atoms with Gasteiger partial charge in [-0.25, -0.2) is 0 Å². The van der Waals surface area contributed by atoms with E-state index in [1.54, 1.807) is 0 Å². The second-order valence-electron chi connectivity index (χ2n) is 6.50. The van der Waals surface area contributed by atoms with Gasteiger partial charge in [-0.1, -0.05) is 41.0 Å². The fraction of sp³-hybridized carbons (Fsp3) is 1.00. The van der Waals surface area contributed by atoms with Gasteiger partial charge in [-0.2, -0.15) is 0 Å². The molecule has 0 aromatic carbocycles. The molecule has 0 aliphatic carbocycles. The van der Waals surface area contributed by atoms with E-state index in [1.807, 2.05) is 0 Å². The highest BCUT2D eigenvalue weighted by atomic mass is 15.1.